The number of carbonyl (C=O) groups excluding carboxylic acids is 1. The molecule has 0 bridgehead atoms. The van der Waals surface area contributed by atoms with Gasteiger partial charge in [0.25, 0.3) is 0 Å². The highest BCUT2D eigenvalue weighted by atomic mass is 16.1. The molecule has 1 atom stereocenters. The lowest BCUT2D eigenvalue weighted by Gasteiger charge is -2.28. The molecule has 0 radical (unpaired) electrons. The summed E-state index contributed by atoms with van der Waals surface area (Å²) in [6.45, 7) is 0.962. The number of nitrogens with zero attached hydrogens (tertiary/aromatic N) is 1. The van der Waals surface area contributed by atoms with Gasteiger partial charge in [0.05, 0.1) is 0 Å². The first-order valence-electron chi connectivity index (χ1n) is 4.22. The van der Waals surface area contributed by atoms with Gasteiger partial charge in [-0.2, -0.15) is 0 Å². The SMILES string of the molecule is NC(=O)C1C=CC=C2CCCN21. The van der Waals surface area contributed by atoms with Crippen molar-refractivity contribution in [2.75, 3.05) is 6.54 Å². The molecule has 0 aromatic carbocycles. The summed E-state index contributed by atoms with van der Waals surface area (Å²) >= 11 is 0. The summed E-state index contributed by atoms with van der Waals surface area (Å²) in [5.41, 5.74) is 6.52. The van der Waals surface area contributed by atoms with E-state index in [1.807, 2.05) is 12.2 Å². The van der Waals surface area contributed by atoms with Crippen LogP contribution in [-0.4, -0.2) is 23.4 Å². The third-order valence-corrected chi connectivity index (χ3v) is 2.41. The number of hydrogen-bond acceptors (Lipinski definition) is 2. The van der Waals surface area contributed by atoms with E-state index in [2.05, 4.69) is 11.0 Å². The highest BCUT2D eigenvalue weighted by molar-refractivity contribution is 5.82. The fraction of sp³-hybridized carbons (Fsp3) is 0.444. The molecule has 0 spiro atoms. The minimum absolute atomic E-state index is 0.201. The second-order valence-corrected chi connectivity index (χ2v) is 3.19. The lowest BCUT2D eigenvalue weighted by atomic mass is 10.1. The molecule has 0 aromatic heterocycles. The van der Waals surface area contributed by atoms with Gasteiger partial charge in [0.1, 0.15) is 6.04 Å². The van der Waals surface area contributed by atoms with Crippen LogP contribution in [0.4, 0.5) is 0 Å². The molecule has 1 saturated heterocycles. The summed E-state index contributed by atoms with van der Waals surface area (Å²) in [5, 5.41) is 0. The number of rotatable bonds is 1. The fourth-order valence-corrected chi connectivity index (χ4v) is 1.84. The zero-order valence-corrected chi connectivity index (χ0v) is 6.86. The van der Waals surface area contributed by atoms with E-state index >= 15 is 0 Å². The molecule has 0 saturated carbocycles. The molecule has 2 aliphatic rings. The summed E-state index contributed by atoms with van der Waals surface area (Å²) in [6.07, 6.45) is 8.06. The van der Waals surface area contributed by atoms with Crippen molar-refractivity contribution in [3.05, 3.63) is 23.9 Å². The first kappa shape index (κ1) is 7.40. The fourth-order valence-electron chi connectivity index (χ4n) is 1.84. The van der Waals surface area contributed by atoms with Crippen molar-refractivity contribution in [3.8, 4) is 0 Å². The van der Waals surface area contributed by atoms with Gasteiger partial charge in [-0.15, -0.1) is 0 Å². The Morgan fingerprint density at radius 1 is 1.67 bits per heavy atom. The van der Waals surface area contributed by atoms with Gasteiger partial charge in [-0.25, -0.2) is 0 Å². The van der Waals surface area contributed by atoms with Crippen LogP contribution < -0.4 is 5.73 Å². The molecule has 2 heterocycles. The Morgan fingerprint density at radius 3 is 3.25 bits per heavy atom. The number of amides is 1. The first-order valence-corrected chi connectivity index (χ1v) is 4.22. The molecule has 64 valence electrons. The number of carbonyl (C=O) groups is 1. The van der Waals surface area contributed by atoms with E-state index in [9.17, 15) is 4.79 Å². The maximum atomic E-state index is 11.0. The van der Waals surface area contributed by atoms with Crippen molar-refractivity contribution in [1.29, 1.82) is 0 Å². The number of nitrogens with two attached hydrogens (primary N) is 1. The average Bonchev–Trinajstić information content (AvgIpc) is 2.49. The lowest BCUT2D eigenvalue weighted by Crippen LogP contribution is -2.41. The molecule has 1 unspecified atom stereocenters. The summed E-state index contributed by atoms with van der Waals surface area (Å²) in [7, 11) is 0. The van der Waals surface area contributed by atoms with Crippen LogP contribution in [0.1, 0.15) is 12.8 Å². The van der Waals surface area contributed by atoms with E-state index in [1.54, 1.807) is 0 Å². The van der Waals surface area contributed by atoms with Gasteiger partial charge >= 0.3 is 0 Å². The molecular formula is C9H12N2O. The minimum atomic E-state index is -0.251. The Labute approximate surface area is 71.5 Å². The summed E-state index contributed by atoms with van der Waals surface area (Å²) < 4.78 is 0. The normalized spacial score (nSPS) is 26.8. The zero-order chi connectivity index (χ0) is 8.55. The van der Waals surface area contributed by atoms with Crippen molar-refractivity contribution < 1.29 is 4.79 Å². The number of fused-ring (bicyclic) bond motifs is 1. The zero-order valence-electron chi connectivity index (χ0n) is 6.86. The van der Waals surface area contributed by atoms with Crippen LogP contribution in [-0.2, 0) is 4.79 Å². The Bertz CT molecular complexity index is 268. The van der Waals surface area contributed by atoms with Gasteiger partial charge in [0.2, 0.25) is 5.91 Å². The molecule has 3 heteroatoms. The van der Waals surface area contributed by atoms with Crippen LogP contribution in [0.25, 0.3) is 0 Å². The Balaban J connectivity index is 2.24. The quantitative estimate of drug-likeness (QED) is 0.609. The molecule has 1 fully saturated rings. The molecule has 2 N–H and O–H groups in total. The van der Waals surface area contributed by atoms with Gasteiger partial charge in [-0.05, 0) is 18.9 Å². The van der Waals surface area contributed by atoms with Crippen molar-refractivity contribution >= 4 is 5.91 Å². The topological polar surface area (TPSA) is 46.3 Å². The standard InChI is InChI=1S/C9H12N2O/c10-9(12)8-5-1-3-7-4-2-6-11(7)8/h1,3,5,8H,2,4,6H2,(H2,10,12). The predicted molar refractivity (Wildman–Crippen MR) is 46.1 cm³/mol. The Hall–Kier alpha value is -1.25. The number of hydrogen-bond donors (Lipinski definition) is 1. The Kier molecular flexibility index (Phi) is 1.64. The van der Waals surface area contributed by atoms with E-state index in [-0.39, 0.29) is 11.9 Å². The molecule has 0 aromatic rings. The third-order valence-electron chi connectivity index (χ3n) is 2.41. The van der Waals surface area contributed by atoms with Crippen molar-refractivity contribution in [3.63, 3.8) is 0 Å². The summed E-state index contributed by atoms with van der Waals surface area (Å²) in [6, 6.07) is -0.201. The van der Waals surface area contributed by atoms with Crippen LogP contribution >= 0.6 is 0 Å². The predicted octanol–water partition coefficient (Wildman–Crippen LogP) is 0.390. The van der Waals surface area contributed by atoms with Crippen LogP contribution in [0.5, 0.6) is 0 Å². The number of allylic oxidation sites excluding steroid dienone is 3. The van der Waals surface area contributed by atoms with Gasteiger partial charge in [0, 0.05) is 12.2 Å². The number of primary amides is 1. The molecule has 12 heavy (non-hydrogen) atoms. The van der Waals surface area contributed by atoms with Crippen molar-refractivity contribution in [2.45, 2.75) is 18.9 Å². The summed E-state index contributed by atoms with van der Waals surface area (Å²) in [5.74, 6) is -0.251. The monoisotopic (exact) mass is 164 g/mol. The molecule has 3 nitrogen and oxygen atoms in total. The van der Waals surface area contributed by atoms with Gasteiger partial charge < -0.3 is 10.6 Å². The minimum Gasteiger partial charge on any atom is -0.368 e. The van der Waals surface area contributed by atoms with Crippen LogP contribution in [0.3, 0.4) is 0 Å². The van der Waals surface area contributed by atoms with Gasteiger partial charge in [-0.3, -0.25) is 4.79 Å². The molecule has 1 amide bonds. The molecule has 2 rings (SSSR count). The highest BCUT2D eigenvalue weighted by Crippen LogP contribution is 2.26. The van der Waals surface area contributed by atoms with Crippen LogP contribution in [0.15, 0.2) is 23.9 Å². The van der Waals surface area contributed by atoms with E-state index in [0.29, 0.717) is 0 Å². The van der Waals surface area contributed by atoms with E-state index < -0.39 is 0 Å². The largest absolute Gasteiger partial charge is 0.368 e. The third kappa shape index (κ3) is 1.02. The van der Waals surface area contributed by atoms with E-state index in [1.165, 1.54) is 5.70 Å². The van der Waals surface area contributed by atoms with Gasteiger partial charge in [0.15, 0.2) is 0 Å². The Morgan fingerprint density at radius 2 is 2.50 bits per heavy atom. The summed E-state index contributed by atoms with van der Waals surface area (Å²) in [4.78, 5) is 13.1. The molecular weight excluding hydrogens is 152 g/mol. The highest BCUT2D eigenvalue weighted by Gasteiger charge is 2.28. The smallest absolute Gasteiger partial charge is 0.244 e. The van der Waals surface area contributed by atoms with E-state index in [0.717, 1.165) is 19.4 Å². The molecule has 2 aliphatic heterocycles. The van der Waals surface area contributed by atoms with Crippen LogP contribution in [0.2, 0.25) is 0 Å². The van der Waals surface area contributed by atoms with Gasteiger partial charge in [-0.1, -0.05) is 12.2 Å². The van der Waals surface area contributed by atoms with Crippen molar-refractivity contribution in [2.24, 2.45) is 5.73 Å². The lowest BCUT2D eigenvalue weighted by molar-refractivity contribution is -0.120. The van der Waals surface area contributed by atoms with Crippen molar-refractivity contribution in [1.82, 2.24) is 4.90 Å². The average molecular weight is 164 g/mol. The van der Waals surface area contributed by atoms with Crippen LogP contribution in [0, 0.1) is 0 Å². The maximum absolute atomic E-state index is 11.0. The second-order valence-electron chi connectivity index (χ2n) is 3.19. The maximum Gasteiger partial charge on any atom is 0.244 e. The molecule has 0 aliphatic carbocycles. The second kappa shape index (κ2) is 2.66. The van der Waals surface area contributed by atoms with E-state index in [4.69, 9.17) is 5.73 Å². The first-order chi connectivity index (χ1) is 5.79.